The fourth-order valence-corrected chi connectivity index (χ4v) is 2.52. The van der Waals surface area contributed by atoms with Crippen LogP contribution >= 0.6 is 15.9 Å². The van der Waals surface area contributed by atoms with Crippen molar-refractivity contribution >= 4 is 44.6 Å². The maximum absolute atomic E-state index is 14.0. The molecule has 25 heavy (non-hydrogen) atoms. The van der Waals surface area contributed by atoms with Crippen LogP contribution in [0.15, 0.2) is 53.3 Å². The first-order chi connectivity index (χ1) is 12.1. The third-order valence-corrected chi connectivity index (χ3v) is 3.92. The fraction of sp³-hybridized carbons (Fsp3) is 0.0588. The number of aromatic nitrogens is 2. The van der Waals surface area contributed by atoms with Gasteiger partial charge in [-0.25, -0.2) is 14.4 Å². The maximum atomic E-state index is 14.0. The topological polar surface area (TPSA) is 85.1 Å². The largest absolute Gasteiger partial charge is 0.495 e. The van der Waals surface area contributed by atoms with Crippen molar-refractivity contribution < 1.29 is 9.13 Å². The van der Waals surface area contributed by atoms with Gasteiger partial charge < -0.3 is 21.1 Å². The summed E-state index contributed by atoms with van der Waals surface area (Å²) in [7, 11) is 1.58. The lowest BCUT2D eigenvalue weighted by Gasteiger charge is -2.14. The van der Waals surface area contributed by atoms with Crippen LogP contribution in [0.2, 0.25) is 0 Å². The Morgan fingerprint density at radius 1 is 1.04 bits per heavy atom. The number of methoxy groups -OCH3 is 1. The number of halogens is 2. The number of anilines is 5. The Morgan fingerprint density at radius 2 is 1.72 bits per heavy atom. The van der Waals surface area contributed by atoms with Crippen LogP contribution in [0, 0.1) is 5.82 Å². The van der Waals surface area contributed by atoms with Crippen molar-refractivity contribution in [3.63, 3.8) is 0 Å². The van der Waals surface area contributed by atoms with E-state index < -0.39 is 5.82 Å². The van der Waals surface area contributed by atoms with Crippen molar-refractivity contribution in [1.82, 2.24) is 9.97 Å². The quantitative estimate of drug-likeness (QED) is 0.583. The van der Waals surface area contributed by atoms with Gasteiger partial charge in [-0.05, 0) is 30.3 Å². The van der Waals surface area contributed by atoms with Crippen LogP contribution in [0.3, 0.4) is 0 Å². The summed E-state index contributed by atoms with van der Waals surface area (Å²) in [4.78, 5) is 8.23. The van der Waals surface area contributed by atoms with Crippen molar-refractivity contribution in [2.24, 2.45) is 0 Å². The zero-order chi connectivity index (χ0) is 17.8. The minimum atomic E-state index is -0.424. The van der Waals surface area contributed by atoms with Crippen molar-refractivity contribution in [2.75, 3.05) is 23.5 Å². The first-order valence-electron chi connectivity index (χ1n) is 7.31. The third kappa shape index (κ3) is 3.80. The Hall–Kier alpha value is -2.87. The Morgan fingerprint density at radius 3 is 2.40 bits per heavy atom. The normalized spacial score (nSPS) is 10.4. The Kier molecular flexibility index (Phi) is 4.99. The predicted octanol–water partition coefficient (Wildman–Crippen LogP) is 4.46. The van der Waals surface area contributed by atoms with Gasteiger partial charge in [-0.1, -0.05) is 28.1 Å². The highest BCUT2D eigenvalue weighted by Crippen LogP contribution is 2.32. The molecule has 0 aliphatic carbocycles. The standard InChI is InChI=1S/C17H15BrFN5O/c1-25-14-5-3-2-4-13(14)24-17-15(20)16(21-9-22-17)23-12-7-6-10(18)8-11(12)19/h2-9H,20H2,1H3,(H2,21,22,23,24). The van der Waals surface area contributed by atoms with Crippen LogP contribution in [0.5, 0.6) is 5.75 Å². The molecule has 128 valence electrons. The van der Waals surface area contributed by atoms with Crippen LogP contribution in [0.25, 0.3) is 0 Å². The molecule has 0 amide bonds. The Bertz CT molecular complexity index is 906. The SMILES string of the molecule is COc1ccccc1Nc1ncnc(Nc2ccc(Br)cc2F)c1N. The van der Waals surface area contributed by atoms with Gasteiger partial charge in [0.05, 0.1) is 18.5 Å². The zero-order valence-electron chi connectivity index (χ0n) is 13.3. The Labute approximate surface area is 152 Å². The summed E-state index contributed by atoms with van der Waals surface area (Å²) in [6.07, 6.45) is 1.34. The minimum absolute atomic E-state index is 0.260. The first-order valence-corrected chi connectivity index (χ1v) is 8.10. The number of benzene rings is 2. The highest BCUT2D eigenvalue weighted by molar-refractivity contribution is 9.10. The number of hydrogen-bond acceptors (Lipinski definition) is 6. The smallest absolute Gasteiger partial charge is 0.159 e. The molecule has 4 N–H and O–H groups in total. The molecule has 1 heterocycles. The molecule has 2 aromatic carbocycles. The molecular formula is C17H15BrFN5O. The van der Waals surface area contributed by atoms with E-state index in [1.807, 2.05) is 24.3 Å². The lowest BCUT2D eigenvalue weighted by molar-refractivity contribution is 0.417. The molecule has 3 rings (SSSR count). The monoisotopic (exact) mass is 403 g/mol. The van der Waals surface area contributed by atoms with Crippen LogP contribution in [-0.4, -0.2) is 17.1 Å². The van der Waals surface area contributed by atoms with E-state index in [1.165, 1.54) is 12.4 Å². The molecule has 0 unspecified atom stereocenters. The molecule has 0 spiro atoms. The molecule has 6 nitrogen and oxygen atoms in total. The number of nitrogens with two attached hydrogens (primary N) is 1. The number of hydrogen-bond donors (Lipinski definition) is 3. The summed E-state index contributed by atoms with van der Waals surface area (Å²) in [6.45, 7) is 0. The molecule has 3 aromatic rings. The van der Waals surface area contributed by atoms with E-state index in [9.17, 15) is 4.39 Å². The van der Waals surface area contributed by atoms with Crippen molar-refractivity contribution in [3.05, 3.63) is 59.1 Å². The molecule has 0 fully saturated rings. The van der Waals surface area contributed by atoms with Crippen LogP contribution < -0.4 is 21.1 Å². The van der Waals surface area contributed by atoms with Crippen LogP contribution in [0.1, 0.15) is 0 Å². The van der Waals surface area contributed by atoms with E-state index in [0.29, 0.717) is 27.5 Å². The molecule has 8 heteroatoms. The number of nitrogens with one attached hydrogen (secondary N) is 2. The average Bonchev–Trinajstić information content (AvgIpc) is 2.61. The lowest BCUT2D eigenvalue weighted by Crippen LogP contribution is -2.06. The summed E-state index contributed by atoms with van der Waals surface area (Å²) in [6, 6.07) is 12.0. The van der Waals surface area contributed by atoms with E-state index >= 15 is 0 Å². The molecule has 0 radical (unpaired) electrons. The number of ether oxygens (including phenoxy) is 1. The fourth-order valence-electron chi connectivity index (χ4n) is 2.19. The summed E-state index contributed by atoms with van der Waals surface area (Å²) < 4.78 is 19.9. The highest BCUT2D eigenvalue weighted by Gasteiger charge is 2.12. The Balaban J connectivity index is 1.89. The summed E-state index contributed by atoms with van der Waals surface area (Å²) in [5.41, 5.74) is 7.35. The summed E-state index contributed by atoms with van der Waals surface area (Å²) in [5, 5.41) is 5.98. The van der Waals surface area contributed by atoms with Gasteiger partial charge >= 0.3 is 0 Å². The molecule has 0 saturated heterocycles. The molecule has 0 aliphatic rings. The molecule has 0 aliphatic heterocycles. The second-order valence-corrected chi connectivity index (χ2v) is 5.97. The van der Waals surface area contributed by atoms with Gasteiger partial charge in [0.2, 0.25) is 0 Å². The van der Waals surface area contributed by atoms with Crippen LogP contribution in [-0.2, 0) is 0 Å². The van der Waals surface area contributed by atoms with E-state index in [2.05, 4.69) is 36.5 Å². The molecule has 0 saturated carbocycles. The van der Waals surface area contributed by atoms with Gasteiger partial charge in [0.1, 0.15) is 23.6 Å². The molecule has 0 atom stereocenters. The lowest BCUT2D eigenvalue weighted by atomic mass is 10.2. The number of para-hydroxylation sites is 2. The summed E-state index contributed by atoms with van der Waals surface area (Å²) >= 11 is 3.22. The predicted molar refractivity (Wildman–Crippen MR) is 100 cm³/mol. The van der Waals surface area contributed by atoms with Gasteiger partial charge in [-0.2, -0.15) is 0 Å². The van der Waals surface area contributed by atoms with Gasteiger partial charge in [-0.3, -0.25) is 0 Å². The average molecular weight is 404 g/mol. The van der Waals surface area contributed by atoms with E-state index in [1.54, 1.807) is 19.2 Å². The van der Waals surface area contributed by atoms with E-state index in [0.717, 1.165) is 0 Å². The third-order valence-electron chi connectivity index (χ3n) is 3.43. The second-order valence-electron chi connectivity index (χ2n) is 5.06. The number of nitrogens with zero attached hydrogens (tertiary/aromatic N) is 2. The van der Waals surface area contributed by atoms with Crippen molar-refractivity contribution in [1.29, 1.82) is 0 Å². The van der Waals surface area contributed by atoms with Crippen molar-refractivity contribution in [2.45, 2.75) is 0 Å². The highest BCUT2D eigenvalue weighted by atomic mass is 79.9. The molecule has 0 bridgehead atoms. The summed E-state index contributed by atoms with van der Waals surface area (Å²) in [5.74, 6) is 0.911. The maximum Gasteiger partial charge on any atom is 0.159 e. The minimum Gasteiger partial charge on any atom is -0.495 e. The van der Waals surface area contributed by atoms with Gasteiger partial charge in [0, 0.05) is 4.47 Å². The first kappa shape index (κ1) is 17.0. The van der Waals surface area contributed by atoms with Gasteiger partial charge in [0.15, 0.2) is 11.6 Å². The van der Waals surface area contributed by atoms with E-state index in [4.69, 9.17) is 10.5 Å². The number of nitrogen functional groups attached to an aromatic ring is 1. The molecule has 1 aromatic heterocycles. The van der Waals surface area contributed by atoms with Crippen molar-refractivity contribution in [3.8, 4) is 5.75 Å². The zero-order valence-corrected chi connectivity index (χ0v) is 14.8. The number of rotatable bonds is 5. The molecular weight excluding hydrogens is 389 g/mol. The van der Waals surface area contributed by atoms with E-state index in [-0.39, 0.29) is 11.4 Å². The van der Waals surface area contributed by atoms with Gasteiger partial charge in [-0.15, -0.1) is 0 Å². The van der Waals surface area contributed by atoms with Crippen LogP contribution in [0.4, 0.5) is 33.1 Å². The van der Waals surface area contributed by atoms with Gasteiger partial charge in [0.25, 0.3) is 0 Å². The second kappa shape index (κ2) is 7.35.